The molecule has 0 N–H and O–H groups in total. The number of amides is 1. The Morgan fingerprint density at radius 2 is 1.88 bits per heavy atom. The van der Waals surface area contributed by atoms with Gasteiger partial charge < -0.3 is 19.1 Å². The van der Waals surface area contributed by atoms with Gasteiger partial charge in [0.1, 0.15) is 5.82 Å². The molecule has 4 rings (SSSR count). The largest absolute Gasteiger partial charge is 0.381 e. The minimum atomic E-state index is 0.0559. The van der Waals surface area contributed by atoms with Crippen LogP contribution in [0.15, 0.2) is 6.20 Å². The summed E-state index contributed by atoms with van der Waals surface area (Å²) in [5.41, 5.74) is 1.29. The molecule has 1 aromatic rings. The quantitative estimate of drug-likeness (QED) is 0.803. The van der Waals surface area contributed by atoms with E-state index >= 15 is 0 Å². The summed E-state index contributed by atoms with van der Waals surface area (Å²) in [5.74, 6) is 1.45. The molecule has 0 saturated carbocycles. The van der Waals surface area contributed by atoms with E-state index in [1.165, 1.54) is 5.69 Å². The molecule has 7 heteroatoms. The summed E-state index contributed by atoms with van der Waals surface area (Å²) in [6, 6.07) is 0.0559. The lowest BCUT2D eigenvalue weighted by Crippen LogP contribution is -2.46. The van der Waals surface area contributed by atoms with E-state index in [2.05, 4.69) is 28.3 Å². The summed E-state index contributed by atoms with van der Waals surface area (Å²) >= 11 is 0. The van der Waals surface area contributed by atoms with Gasteiger partial charge >= 0.3 is 0 Å². The van der Waals surface area contributed by atoms with Crippen LogP contribution < -0.4 is 0 Å². The third kappa shape index (κ3) is 3.52. The molecule has 0 aromatic carbocycles. The molecular formula is C19H31N5O2. The Morgan fingerprint density at radius 3 is 2.62 bits per heavy atom. The number of hydrogen-bond acceptors (Lipinski definition) is 5. The average molecular weight is 361 g/mol. The van der Waals surface area contributed by atoms with E-state index in [1.54, 1.807) is 0 Å². The minimum Gasteiger partial charge on any atom is -0.381 e. The lowest BCUT2D eigenvalue weighted by Gasteiger charge is -2.38. The van der Waals surface area contributed by atoms with Gasteiger partial charge in [-0.3, -0.25) is 9.69 Å². The van der Waals surface area contributed by atoms with Crippen molar-refractivity contribution in [1.29, 1.82) is 0 Å². The Morgan fingerprint density at radius 1 is 1.15 bits per heavy atom. The van der Waals surface area contributed by atoms with Crippen molar-refractivity contribution in [2.24, 2.45) is 5.92 Å². The molecule has 7 nitrogen and oxygen atoms in total. The molecule has 1 aromatic heterocycles. The predicted octanol–water partition coefficient (Wildman–Crippen LogP) is 0.960. The number of rotatable bonds is 3. The van der Waals surface area contributed by atoms with Gasteiger partial charge in [-0.1, -0.05) is 0 Å². The Bertz CT molecular complexity index is 632. The number of carbonyl (C=O) groups excluding carboxylic acids is 1. The van der Waals surface area contributed by atoms with Crippen molar-refractivity contribution in [2.45, 2.75) is 38.9 Å². The monoisotopic (exact) mass is 361 g/mol. The van der Waals surface area contributed by atoms with E-state index < -0.39 is 0 Å². The molecule has 1 amide bonds. The van der Waals surface area contributed by atoms with Gasteiger partial charge in [-0.2, -0.15) is 0 Å². The Kier molecular flexibility index (Phi) is 5.29. The Labute approximate surface area is 155 Å². The highest BCUT2D eigenvalue weighted by atomic mass is 16.5. The van der Waals surface area contributed by atoms with Crippen molar-refractivity contribution in [3.63, 3.8) is 0 Å². The van der Waals surface area contributed by atoms with E-state index in [1.807, 2.05) is 11.1 Å². The lowest BCUT2D eigenvalue weighted by atomic mass is 9.97. The number of imidazole rings is 1. The van der Waals surface area contributed by atoms with Gasteiger partial charge in [0.25, 0.3) is 0 Å². The summed E-state index contributed by atoms with van der Waals surface area (Å²) in [6.07, 6.45) is 3.73. The standard InChI is InChI=1S/C19H31N5O2/c1-15-18-20-13-17(14-22-7-5-21(2)6-8-22)24(18)10-9-23(15)19(25)16-3-11-26-12-4-16/h13,15-16H,3-12,14H2,1-2H3. The molecule has 3 aliphatic heterocycles. The normalized spacial score (nSPS) is 26.1. The first-order chi connectivity index (χ1) is 12.6. The first kappa shape index (κ1) is 17.9. The summed E-state index contributed by atoms with van der Waals surface area (Å²) in [4.78, 5) is 24.6. The van der Waals surface area contributed by atoms with Crippen LogP contribution in [0.25, 0.3) is 0 Å². The summed E-state index contributed by atoms with van der Waals surface area (Å²) in [5, 5.41) is 0. The maximum atomic E-state index is 12.9. The highest BCUT2D eigenvalue weighted by molar-refractivity contribution is 5.79. The van der Waals surface area contributed by atoms with Crippen molar-refractivity contribution in [3.05, 3.63) is 17.7 Å². The van der Waals surface area contributed by atoms with E-state index in [4.69, 9.17) is 9.72 Å². The third-order valence-electron chi connectivity index (χ3n) is 6.21. The minimum absolute atomic E-state index is 0.0559. The van der Waals surface area contributed by atoms with E-state index in [0.29, 0.717) is 13.2 Å². The maximum Gasteiger partial charge on any atom is 0.226 e. The second-order valence-corrected chi connectivity index (χ2v) is 7.93. The van der Waals surface area contributed by atoms with Crippen molar-refractivity contribution in [1.82, 2.24) is 24.3 Å². The number of ether oxygens (including phenoxy) is 1. The van der Waals surface area contributed by atoms with E-state index in [9.17, 15) is 4.79 Å². The number of hydrogen-bond donors (Lipinski definition) is 0. The highest BCUT2D eigenvalue weighted by Gasteiger charge is 2.34. The average Bonchev–Trinajstić information content (AvgIpc) is 3.08. The third-order valence-corrected chi connectivity index (χ3v) is 6.21. The molecule has 4 heterocycles. The zero-order valence-corrected chi connectivity index (χ0v) is 16.1. The first-order valence-electron chi connectivity index (χ1n) is 9.97. The van der Waals surface area contributed by atoms with Gasteiger partial charge in [-0.25, -0.2) is 4.98 Å². The molecule has 2 saturated heterocycles. The van der Waals surface area contributed by atoms with Crippen LogP contribution in [0.3, 0.4) is 0 Å². The van der Waals surface area contributed by atoms with E-state index in [-0.39, 0.29) is 17.9 Å². The van der Waals surface area contributed by atoms with E-state index in [0.717, 1.165) is 64.5 Å². The Hall–Kier alpha value is -1.44. The van der Waals surface area contributed by atoms with Gasteiger partial charge in [0.15, 0.2) is 0 Å². The van der Waals surface area contributed by atoms with Crippen LogP contribution in [0.1, 0.15) is 37.3 Å². The van der Waals surface area contributed by atoms with Gasteiger partial charge in [-0.05, 0) is 26.8 Å². The van der Waals surface area contributed by atoms with Gasteiger partial charge in [0, 0.05) is 71.1 Å². The molecule has 26 heavy (non-hydrogen) atoms. The van der Waals surface area contributed by atoms with Crippen LogP contribution in [-0.4, -0.2) is 83.1 Å². The number of nitrogens with zero attached hydrogens (tertiary/aromatic N) is 5. The number of carbonyl (C=O) groups is 1. The molecule has 1 atom stereocenters. The maximum absolute atomic E-state index is 12.9. The van der Waals surface area contributed by atoms with Crippen LogP contribution in [0.4, 0.5) is 0 Å². The summed E-state index contributed by atoms with van der Waals surface area (Å²) in [7, 11) is 2.18. The smallest absolute Gasteiger partial charge is 0.226 e. The number of aromatic nitrogens is 2. The van der Waals surface area contributed by atoms with Crippen LogP contribution >= 0.6 is 0 Å². The molecule has 0 spiro atoms. The van der Waals surface area contributed by atoms with Crippen molar-refractivity contribution in [3.8, 4) is 0 Å². The van der Waals surface area contributed by atoms with Crippen molar-refractivity contribution < 1.29 is 9.53 Å². The van der Waals surface area contributed by atoms with Gasteiger partial charge in [0.05, 0.1) is 11.7 Å². The molecule has 2 fully saturated rings. The second kappa shape index (κ2) is 7.66. The fourth-order valence-electron chi connectivity index (χ4n) is 4.40. The summed E-state index contributed by atoms with van der Waals surface area (Å²) < 4.78 is 7.75. The summed E-state index contributed by atoms with van der Waals surface area (Å²) in [6.45, 7) is 10.6. The molecular weight excluding hydrogens is 330 g/mol. The molecule has 1 unspecified atom stereocenters. The zero-order chi connectivity index (χ0) is 18.1. The lowest BCUT2D eigenvalue weighted by molar-refractivity contribution is -0.142. The first-order valence-corrected chi connectivity index (χ1v) is 9.97. The van der Waals surface area contributed by atoms with Gasteiger partial charge in [-0.15, -0.1) is 0 Å². The highest BCUT2D eigenvalue weighted by Crippen LogP contribution is 2.29. The van der Waals surface area contributed by atoms with Crippen molar-refractivity contribution >= 4 is 5.91 Å². The SMILES string of the molecule is CC1c2ncc(CN3CCN(C)CC3)n2CCN1C(=O)C1CCOCC1. The molecule has 144 valence electrons. The van der Waals surface area contributed by atoms with Crippen LogP contribution in [-0.2, 0) is 22.6 Å². The van der Waals surface area contributed by atoms with Gasteiger partial charge in [0.2, 0.25) is 5.91 Å². The number of piperazine rings is 1. The predicted molar refractivity (Wildman–Crippen MR) is 98.7 cm³/mol. The zero-order valence-electron chi connectivity index (χ0n) is 16.1. The topological polar surface area (TPSA) is 53.8 Å². The second-order valence-electron chi connectivity index (χ2n) is 7.93. The van der Waals surface area contributed by atoms with Crippen LogP contribution in [0.5, 0.6) is 0 Å². The van der Waals surface area contributed by atoms with Crippen LogP contribution in [0.2, 0.25) is 0 Å². The number of likely N-dealkylation sites (N-methyl/N-ethyl adjacent to an activating group) is 1. The molecule has 0 radical (unpaired) electrons. The fraction of sp³-hybridized carbons (Fsp3) is 0.789. The molecule has 0 bridgehead atoms. The van der Waals surface area contributed by atoms with Crippen LogP contribution in [0, 0.1) is 5.92 Å². The molecule has 0 aliphatic carbocycles. The number of fused-ring (bicyclic) bond motifs is 1. The Balaban J connectivity index is 1.43. The fourth-order valence-corrected chi connectivity index (χ4v) is 4.40. The van der Waals surface area contributed by atoms with Crippen molar-refractivity contribution in [2.75, 3.05) is 53.0 Å². The molecule has 3 aliphatic rings.